The normalized spacial score (nSPS) is 21.5. The standard InChI is InChI=1S/C14H21NO2/c1-10-14(2,3)11-6-5-7-12(17-4)13(11)15(10)8-9-16/h5-7,10,16H,8-9H2,1-4H3. The molecule has 3 heteroatoms. The van der Waals surface area contributed by atoms with Crippen LogP contribution in [0.3, 0.4) is 0 Å². The number of aliphatic hydroxyl groups is 1. The largest absolute Gasteiger partial charge is 0.495 e. The van der Waals surface area contributed by atoms with Crippen molar-refractivity contribution in [3.8, 4) is 5.75 Å². The number of anilines is 1. The topological polar surface area (TPSA) is 32.7 Å². The van der Waals surface area contributed by atoms with Gasteiger partial charge in [-0.25, -0.2) is 0 Å². The Morgan fingerprint density at radius 2 is 2.12 bits per heavy atom. The van der Waals surface area contributed by atoms with E-state index in [0.717, 1.165) is 11.4 Å². The fourth-order valence-electron chi connectivity index (χ4n) is 2.72. The maximum Gasteiger partial charge on any atom is 0.142 e. The number of benzene rings is 1. The van der Waals surface area contributed by atoms with Gasteiger partial charge in [0.05, 0.1) is 19.4 Å². The molecular weight excluding hydrogens is 214 g/mol. The van der Waals surface area contributed by atoms with Crippen LogP contribution in [0.2, 0.25) is 0 Å². The van der Waals surface area contributed by atoms with Crippen LogP contribution in [0.4, 0.5) is 5.69 Å². The van der Waals surface area contributed by atoms with Crippen LogP contribution in [0.5, 0.6) is 5.75 Å². The molecule has 0 aliphatic carbocycles. The molecule has 0 fully saturated rings. The molecule has 2 rings (SSSR count). The second kappa shape index (κ2) is 4.22. The minimum absolute atomic E-state index is 0.0824. The molecule has 0 spiro atoms. The van der Waals surface area contributed by atoms with Crippen LogP contribution in [0, 0.1) is 0 Å². The van der Waals surface area contributed by atoms with Crippen molar-refractivity contribution >= 4 is 5.69 Å². The SMILES string of the molecule is COc1cccc2c1N(CCO)C(C)C2(C)C. The summed E-state index contributed by atoms with van der Waals surface area (Å²) < 4.78 is 5.45. The van der Waals surface area contributed by atoms with Gasteiger partial charge in [0.25, 0.3) is 0 Å². The van der Waals surface area contributed by atoms with E-state index in [-0.39, 0.29) is 12.0 Å². The summed E-state index contributed by atoms with van der Waals surface area (Å²) in [4.78, 5) is 2.24. The Morgan fingerprint density at radius 1 is 1.41 bits per heavy atom. The number of methoxy groups -OCH3 is 1. The third-order valence-electron chi connectivity index (χ3n) is 4.05. The van der Waals surface area contributed by atoms with Gasteiger partial charge in [0, 0.05) is 18.0 Å². The van der Waals surface area contributed by atoms with E-state index < -0.39 is 0 Å². The molecule has 1 aromatic rings. The van der Waals surface area contributed by atoms with E-state index in [1.54, 1.807) is 7.11 Å². The van der Waals surface area contributed by atoms with Gasteiger partial charge in [0.1, 0.15) is 5.75 Å². The molecule has 1 aliphatic heterocycles. The third kappa shape index (κ3) is 1.69. The van der Waals surface area contributed by atoms with Gasteiger partial charge in [0.15, 0.2) is 0 Å². The second-order valence-electron chi connectivity index (χ2n) is 5.17. The number of ether oxygens (including phenoxy) is 1. The fraction of sp³-hybridized carbons (Fsp3) is 0.571. The number of hydrogen-bond acceptors (Lipinski definition) is 3. The molecule has 1 unspecified atom stereocenters. The lowest BCUT2D eigenvalue weighted by atomic mass is 9.81. The Kier molecular flexibility index (Phi) is 3.04. The molecule has 1 aliphatic rings. The van der Waals surface area contributed by atoms with E-state index >= 15 is 0 Å². The molecule has 0 saturated heterocycles. The molecule has 1 heterocycles. The van der Waals surface area contributed by atoms with E-state index in [0.29, 0.717) is 12.6 Å². The lowest BCUT2D eigenvalue weighted by Gasteiger charge is -2.31. The van der Waals surface area contributed by atoms with E-state index in [1.165, 1.54) is 5.56 Å². The van der Waals surface area contributed by atoms with Crippen LogP contribution in [-0.2, 0) is 5.41 Å². The summed E-state index contributed by atoms with van der Waals surface area (Å²) in [7, 11) is 1.70. The number of para-hydroxylation sites is 1. The van der Waals surface area contributed by atoms with Crippen LogP contribution >= 0.6 is 0 Å². The van der Waals surface area contributed by atoms with Gasteiger partial charge in [-0.1, -0.05) is 26.0 Å². The van der Waals surface area contributed by atoms with E-state index in [1.807, 2.05) is 12.1 Å². The molecule has 0 bridgehead atoms. The molecule has 1 aromatic carbocycles. The summed E-state index contributed by atoms with van der Waals surface area (Å²) in [5.74, 6) is 0.897. The highest BCUT2D eigenvalue weighted by molar-refractivity contribution is 5.71. The van der Waals surface area contributed by atoms with E-state index in [4.69, 9.17) is 4.74 Å². The zero-order valence-corrected chi connectivity index (χ0v) is 11.0. The van der Waals surface area contributed by atoms with Crippen molar-refractivity contribution in [2.75, 3.05) is 25.2 Å². The Bertz CT molecular complexity index is 415. The van der Waals surface area contributed by atoms with E-state index in [9.17, 15) is 5.11 Å². The zero-order valence-electron chi connectivity index (χ0n) is 11.0. The van der Waals surface area contributed by atoms with Gasteiger partial charge in [-0.2, -0.15) is 0 Å². The van der Waals surface area contributed by atoms with Gasteiger partial charge >= 0.3 is 0 Å². The number of hydrogen-bond donors (Lipinski definition) is 1. The predicted octanol–water partition coefficient (Wildman–Crippen LogP) is 2.17. The first-order valence-electron chi connectivity index (χ1n) is 6.09. The maximum atomic E-state index is 9.22. The summed E-state index contributed by atoms with van der Waals surface area (Å²) >= 11 is 0. The molecule has 0 radical (unpaired) electrons. The Balaban J connectivity index is 2.57. The summed E-state index contributed by atoms with van der Waals surface area (Å²) in [5, 5.41) is 9.22. The number of nitrogens with zero attached hydrogens (tertiary/aromatic N) is 1. The minimum atomic E-state index is 0.0824. The van der Waals surface area contributed by atoms with Crippen molar-refractivity contribution in [2.45, 2.75) is 32.2 Å². The van der Waals surface area contributed by atoms with Gasteiger partial charge in [0.2, 0.25) is 0 Å². The third-order valence-corrected chi connectivity index (χ3v) is 4.05. The average Bonchev–Trinajstić information content (AvgIpc) is 2.51. The first kappa shape index (κ1) is 12.2. The van der Waals surface area contributed by atoms with Crippen LogP contribution in [0.25, 0.3) is 0 Å². The highest BCUT2D eigenvalue weighted by Crippen LogP contribution is 2.49. The fourth-order valence-corrected chi connectivity index (χ4v) is 2.72. The van der Waals surface area contributed by atoms with Crippen LogP contribution < -0.4 is 9.64 Å². The van der Waals surface area contributed by atoms with Gasteiger partial charge in [-0.05, 0) is 18.6 Å². The van der Waals surface area contributed by atoms with Crippen molar-refractivity contribution in [1.82, 2.24) is 0 Å². The van der Waals surface area contributed by atoms with Gasteiger partial charge in [-0.3, -0.25) is 0 Å². The molecule has 1 atom stereocenters. The summed E-state index contributed by atoms with van der Waals surface area (Å²) in [5.41, 5.74) is 2.53. The zero-order chi connectivity index (χ0) is 12.6. The maximum absolute atomic E-state index is 9.22. The van der Waals surface area contributed by atoms with Crippen molar-refractivity contribution in [3.63, 3.8) is 0 Å². The molecule has 0 amide bonds. The summed E-state index contributed by atoms with van der Waals surface area (Å²) in [6.45, 7) is 7.51. The molecule has 17 heavy (non-hydrogen) atoms. The van der Waals surface area contributed by atoms with E-state index in [2.05, 4.69) is 31.7 Å². The number of rotatable bonds is 3. The Morgan fingerprint density at radius 3 is 2.71 bits per heavy atom. The van der Waals surface area contributed by atoms with Crippen LogP contribution in [-0.4, -0.2) is 31.4 Å². The average molecular weight is 235 g/mol. The molecule has 1 N–H and O–H groups in total. The second-order valence-corrected chi connectivity index (χ2v) is 5.17. The number of fused-ring (bicyclic) bond motifs is 1. The summed E-state index contributed by atoms with van der Waals surface area (Å²) in [6, 6.07) is 6.54. The Labute approximate surface area is 103 Å². The van der Waals surface area contributed by atoms with Crippen molar-refractivity contribution < 1.29 is 9.84 Å². The number of aliphatic hydroxyl groups excluding tert-OH is 1. The molecule has 94 valence electrons. The molecule has 3 nitrogen and oxygen atoms in total. The first-order valence-corrected chi connectivity index (χ1v) is 6.09. The summed E-state index contributed by atoms with van der Waals surface area (Å²) in [6.07, 6.45) is 0. The van der Waals surface area contributed by atoms with Crippen molar-refractivity contribution in [1.29, 1.82) is 0 Å². The lowest BCUT2D eigenvalue weighted by Crippen LogP contribution is -2.40. The molecule has 0 saturated carbocycles. The van der Waals surface area contributed by atoms with Crippen LogP contribution in [0.15, 0.2) is 18.2 Å². The highest BCUT2D eigenvalue weighted by Gasteiger charge is 2.42. The minimum Gasteiger partial charge on any atom is -0.495 e. The lowest BCUT2D eigenvalue weighted by molar-refractivity contribution is 0.293. The monoisotopic (exact) mass is 235 g/mol. The van der Waals surface area contributed by atoms with Crippen molar-refractivity contribution in [3.05, 3.63) is 23.8 Å². The Hall–Kier alpha value is -1.22. The highest BCUT2D eigenvalue weighted by atomic mass is 16.5. The number of β-amino-alcohol motifs (C(OH)–C–C–N with tert-alkyl or cyclic N) is 1. The predicted molar refractivity (Wildman–Crippen MR) is 69.9 cm³/mol. The van der Waals surface area contributed by atoms with Gasteiger partial charge in [-0.15, -0.1) is 0 Å². The molecule has 0 aromatic heterocycles. The first-order chi connectivity index (χ1) is 8.04. The van der Waals surface area contributed by atoms with Gasteiger partial charge < -0.3 is 14.7 Å². The van der Waals surface area contributed by atoms with Crippen molar-refractivity contribution in [2.24, 2.45) is 0 Å². The smallest absolute Gasteiger partial charge is 0.142 e. The quantitative estimate of drug-likeness (QED) is 0.871. The van der Waals surface area contributed by atoms with Crippen LogP contribution in [0.1, 0.15) is 26.3 Å². The molecular formula is C14H21NO2.